The second-order valence-electron chi connectivity index (χ2n) is 3.43. The number of hydrogen-bond acceptors (Lipinski definition) is 3. The molecule has 3 N–H and O–H groups in total. The molecule has 0 saturated heterocycles. The number of benzene rings is 1. The van der Waals surface area contributed by atoms with Crippen molar-refractivity contribution in [2.24, 2.45) is 0 Å². The molecule has 0 heterocycles. The average Bonchev–Trinajstić information content (AvgIpc) is 2.88. The molecule has 1 aromatic rings. The fraction of sp³-hybridized carbons (Fsp3) is 0.333. The van der Waals surface area contributed by atoms with Crippen LogP contribution in [-0.2, 0) is 10.0 Å². The predicted molar refractivity (Wildman–Crippen MR) is 54.2 cm³/mol. The summed E-state index contributed by atoms with van der Waals surface area (Å²) >= 11 is 0. The second kappa shape index (κ2) is 3.25. The molecular formula is C9H12N2O2S. The summed E-state index contributed by atoms with van der Waals surface area (Å²) in [4.78, 5) is 0.173. The Balaban J connectivity index is 2.33. The van der Waals surface area contributed by atoms with E-state index < -0.39 is 10.0 Å². The molecule has 0 aromatic heterocycles. The van der Waals surface area contributed by atoms with Crippen LogP contribution in [0.25, 0.3) is 0 Å². The lowest BCUT2D eigenvalue weighted by molar-refractivity contribution is 0.581. The zero-order chi connectivity index (χ0) is 10.2. The molecule has 1 saturated carbocycles. The largest absolute Gasteiger partial charge is 0.398 e. The third-order valence-electron chi connectivity index (χ3n) is 2.11. The summed E-state index contributed by atoms with van der Waals surface area (Å²) in [6.45, 7) is 0. The van der Waals surface area contributed by atoms with E-state index in [9.17, 15) is 8.42 Å². The molecule has 0 atom stereocenters. The van der Waals surface area contributed by atoms with E-state index in [1.807, 2.05) is 0 Å². The minimum Gasteiger partial charge on any atom is -0.398 e. The van der Waals surface area contributed by atoms with E-state index in [1.54, 1.807) is 18.2 Å². The van der Waals surface area contributed by atoms with Gasteiger partial charge in [0.1, 0.15) is 4.90 Å². The number of nitrogens with one attached hydrogen (secondary N) is 1. The fourth-order valence-corrected chi connectivity index (χ4v) is 2.65. The number of anilines is 1. The van der Waals surface area contributed by atoms with Crippen molar-refractivity contribution in [2.45, 2.75) is 23.8 Å². The Kier molecular flexibility index (Phi) is 2.20. The van der Waals surface area contributed by atoms with Gasteiger partial charge in [-0.3, -0.25) is 0 Å². The first kappa shape index (κ1) is 9.48. The minimum absolute atomic E-state index is 0.111. The molecule has 1 fully saturated rings. The van der Waals surface area contributed by atoms with Gasteiger partial charge in [-0.05, 0) is 25.0 Å². The van der Waals surface area contributed by atoms with Crippen LogP contribution in [0, 0.1) is 0 Å². The molecular weight excluding hydrogens is 200 g/mol. The van der Waals surface area contributed by atoms with Gasteiger partial charge < -0.3 is 5.73 Å². The van der Waals surface area contributed by atoms with Gasteiger partial charge in [0.05, 0.1) is 5.69 Å². The Morgan fingerprint density at radius 1 is 1.29 bits per heavy atom. The monoisotopic (exact) mass is 212 g/mol. The van der Waals surface area contributed by atoms with E-state index in [-0.39, 0.29) is 10.9 Å². The van der Waals surface area contributed by atoms with Crippen LogP contribution < -0.4 is 10.5 Å². The van der Waals surface area contributed by atoms with Gasteiger partial charge in [-0.25, -0.2) is 13.1 Å². The molecule has 4 nitrogen and oxygen atoms in total. The van der Waals surface area contributed by atoms with Gasteiger partial charge in [-0.15, -0.1) is 0 Å². The summed E-state index contributed by atoms with van der Waals surface area (Å²) in [5.74, 6) is 0. The van der Waals surface area contributed by atoms with Crippen LogP contribution in [0.15, 0.2) is 29.2 Å². The van der Waals surface area contributed by atoms with Crippen LogP contribution in [0.5, 0.6) is 0 Å². The SMILES string of the molecule is Nc1ccccc1S(=O)(=O)NC1CC1. The van der Waals surface area contributed by atoms with E-state index in [4.69, 9.17) is 5.73 Å². The maximum absolute atomic E-state index is 11.7. The van der Waals surface area contributed by atoms with Crippen LogP contribution in [0.4, 0.5) is 5.69 Å². The standard InChI is InChI=1S/C9H12N2O2S/c10-8-3-1-2-4-9(8)14(12,13)11-7-5-6-7/h1-4,7,11H,5-6,10H2. The highest BCUT2D eigenvalue weighted by Gasteiger charge is 2.28. The molecule has 0 spiro atoms. The van der Waals surface area contributed by atoms with Crippen molar-refractivity contribution in [3.05, 3.63) is 24.3 Å². The first-order valence-electron chi connectivity index (χ1n) is 4.46. The Hall–Kier alpha value is -1.07. The normalized spacial score (nSPS) is 16.9. The quantitative estimate of drug-likeness (QED) is 0.725. The molecule has 1 aromatic carbocycles. The lowest BCUT2D eigenvalue weighted by Gasteiger charge is -2.07. The Morgan fingerprint density at radius 3 is 2.50 bits per heavy atom. The summed E-state index contributed by atoms with van der Waals surface area (Å²) in [5.41, 5.74) is 5.88. The number of nitrogens with two attached hydrogens (primary N) is 1. The topological polar surface area (TPSA) is 72.2 Å². The minimum atomic E-state index is -3.40. The molecule has 76 valence electrons. The van der Waals surface area contributed by atoms with Crippen LogP contribution in [-0.4, -0.2) is 14.5 Å². The molecule has 2 rings (SSSR count). The van der Waals surface area contributed by atoms with Gasteiger partial charge in [0.25, 0.3) is 0 Å². The summed E-state index contributed by atoms with van der Waals surface area (Å²) in [6, 6.07) is 6.59. The third-order valence-corrected chi connectivity index (χ3v) is 3.70. The lowest BCUT2D eigenvalue weighted by Crippen LogP contribution is -2.26. The van der Waals surface area contributed by atoms with Crippen molar-refractivity contribution in [1.29, 1.82) is 0 Å². The van der Waals surface area contributed by atoms with E-state index in [1.165, 1.54) is 6.07 Å². The van der Waals surface area contributed by atoms with Crippen molar-refractivity contribution in [2.75, 3.05) is 5.73 Å². The van der Waals surface area contributed by atoms with Crippen molar-refractivity contribution in [1.82, 2.24) is 4.72 Å². The highest BCUT2D eigenvalue weighted by atomic mass is 32.2. The molecule has 1 aliphatic rings. The number of hydrogen-bond donors (Lipinski definition) is 2. The van der Waals surface area contributed by atoms with Crippen LogP contribution in [0.1, 0.15) is 12.8 Å². The molecule has 0 bridgehead atoms. The lowest BCUT2D eigenvalue weighted by atomic mass is 10.3. The zero-order valence-corrected chi connectivity index (χ0v) is 8.42. The average molecular weight is 212 g/mol. The maximum Gasteiger partial charge on any atom is 0.242 e. The van der Waals surface area contributed by atoms with Gasteiger partial charge in [0.15, 0.2) is 0 Å². The first-order valence-corrected chi connectivity index (χ1v) is 5.95. The molecule has 1 aliphatic carbocycles. The molecule has 14 heavy (non-hydrogen) atoms. The Labute approximate surface area is 83.2 Å². The van der Waals surface area contributed by atoms with Crippen LogP contribution >= 0.6 is 0 Å². The summed E-state index contributed by atoms with van der Waals surface area (Å²) in [7, 11) is -3.40. The first-order chi connectivity index (χ1) is 6.59. The van der Waals surface area contributed by atoms with E-state index >= 15 is 0 Å². The van der Waals surface area contributed by atoms with Gasteiger partial charge in [0.2, 0.25) is 10.0 Å². The highest BCUT2D eigenvalue weighted by molar-refractivity contribution is 7.89. The van der Waals surface area contributed by atoms with Gasteiger partial charge in [0, 0.05) is 6.04 Å². The molecule has 0 radical (unpaired) electrons. The summed E-state index contributed by atoms with van der Waals surface area (Å²) < 4.78 is 26.0. The van der Waals surface area contributed by atoms with Gasteiger partial charge in [-0.1, -0.05) is 12.1 Å². The highest BCUT2D eigenvalue weighted by Crippen LogP contribution is 2.24. The smallest absolute Gasteiger partial charge is 0.242 e. The Bertz CT molecular complexity index is 438. The van der Waals surface area contributed by atoms with Crippen LogP contribution in [0.2, 0.25) is 0 Å². The van der Waals surface area contributed by atoms with Crippen molar-refractivity contribution in [3.63, 3.8) is 0 Å². The maximum atomic E-state index is 11.7. The molecule has 5 heteroatoms. The Morgan fingerprint density at radius 2 is 1.93 bits per heavy atom. The summed E-state index contributed by atoms with van der Waals surface area (Å²) in [5, 5.41) is 0. The summed E-state index contributed by atoms with van der Waals surface area (Å²) in [6.07, 6.45) is 1.85. The number of sulfonamides is 1. The molecule has 0 amide bonds. The van der Waals surface area contributed by atoms with E-state index in [0.717, 1.165) is 12.8 Å². The number of nitrogen functional groups attached to an aromatic ring is 1. The van der Waals surface area contributed by atoms with E-state index in [0.29, 0.717) is 5.69 Å². The van der Waals surface area contributed by atoms with Crippen molar-refractivity contribution in [3.8, 4) is 0 Å². The van der Waals surface area contributed by atoms with Gasteiger partial charge >= 0.3 is 0 Å². The zero-order valence-electron chi connectivity index (χ0n) is 7.60. The van der Waals surface area contributed by atoms with Crippen molar-refractivity contribution < 1.29 is 8.42 Å². The van der Waals surface area contributed by atoms with Gasteiger partial charge in [-0.2, -0.15) is 0 Å². The van der Waals surface area contributed by atoms with Crippen molar-refractivity contribution >= 4 is 15.7 Å². The number of para-hydroxylation sites is 1. The van der Waals surface area contributed by atoms with Crippen LogP contribution in [0.3, 0.4) is 0 Å². The number of rotatable bonds is 3. The van der Waals surface area contributed by atoms with E-state index in [2.05, 4.69) is 4.72 Å². The third kappa shape index (κ3) is 1.88. The molecule has 0 unspecified atom stereocenters. The molecule has 0 aliphatic heterocycles. The second-order valence-corrected chi connectivity index (χ2v) is 5.12. The fourth-order valence-electron chi connectivity index (χ4n) is 1.21. The predicted octanol–water partition coefficient (Wildman–Crippen LogP) is 0.709.